The van der Waals surface area contributed by atoms with Crippen molar-refractivity contribution in [1.29, 1.82) is 0 Å². The third-order valence-corrected chi connectivity index (χ3v) is 3.10. The summed E-state index contributed by atoms with van der Waals surface area (Å²) in [6.07, 6.45) is 2.79. The van der Waals surface area contributed by atoms with E-state index in [0.29, 0.717) is 15.4 Å². The molecule has 0 bridgehead atoms. The molecule has 0 spiro atoms. The first-order valence-electron chi connectivity index (χ1n) is 4.69. The largest absolute Gasteiger partial charge is 0.393 e. The van der Waals surface area contributed by atoms with Crippen LogP contribution in [0.15, 0.2) is 10.8 Å². The molecule has 0 radical (unpaired) electrons. The lowest BCUT2D eigenvalue weighted by atomic mass is 10.2. The van der Waals surface area contributed by atoms with Crippen molar-refractivity contribution >= 4 is 33.3 Å². The van der Waals surface area contributed by atoms with Crippen LogP contribution in [0.25, 0.3) is 0 Å². The van der Waals surface area contributed by atoms with Crippen LogP contribution in [0.5, 0.6) is 0 Å². The molecule has 84 valence electrons. The third kappa shape index (κ3) is 4.32. The highest BCUT2D eigenvalue weighted by molar-refractivity contribution is 9.10. The van der Waals surface area contributed by atoms with E-state index in [1.165, 1.54) is 6.33 Å². The number of nitrogens with one attached hydrogen (secondary N) is 1. The molecular formula is C9H13BrClN3O. The number of aromatic nitrogens is 2. The smallest absolute Gasteiger partial charge is 0.148 e. The van der Waals surface area contributed by atoms with E-state index in [2.05, 4.69) is 31.2 Å². The predicted molar refractivity (Wildman–Crippen MR) is 64.1 cm³/mol. The van der Waals surface area contributed by atoms with E-state index in [9.17, 15) is 0 Å². The van der Waals surface area contributed by atoms with Gasteiger partial charge < -0.3 is 10.4 Å². The Morgan fingerprint density at radius 1 is 1.60 bits per heavy atom. The van der Waals surface area contributed by atoms with Crippen molar-refractivity contribution in [2.75, 3.05) is 11.9 Å². The molecule has 1 heterocycles. The Morgan fingerprint density at radius 3 is 3.00 bits per heavy atom. The summed E-state index contributed by atoms with van der Waals surface area (Å²) >= 11 is 9.09. The minimum Gasteiger partial charge on any atom is -0.393 e. The quantitative estimate of drug-likeness (QED) is 0.647. The maximum absolute atomic E-state index is 9.06. The Bertz CT molecular complexity index is 322. The summed E-state index contributed by atoms with van der Waals surface area (Å²) in [5.41, 5.74) is 0. The first-order valence-corrected chi connectivity index (χ1v) is 5.86. The predicted octanol–water partition coefficient (Wildman–Crippen LogP) is 2.47. The van der Waals surface area contributed by atoms with Crippen LogP contribution in [-0.4, -0.2) is 27.7 Å². The Hall–Kier alpha value is -0.390. The van der Waals surface area contributed by atoms with E-state index in [0.717, 1.165) is 19.4 Å². The summed E-state index contributed by atoms with van der Waals surface area (Å²) in [5.74, 6) is 0.681. The van der Waals surface area contributed by atoms with Gasteiger partial charge in [-0.05, 0) is 35.7 Å². The van der Waals surface area contributed by atoms with Gasteiger partial charge in [-0.1, -0.05) is 11.6 Å². The van der Waals surface area contributed by atoms with E-state index in [1.54, 1.807) is 6.92 Å². The monoisotopic (exact) mass is 293 g/mol. The van der Waals surface area contributed by atoms with Crippen LogP contribution >= 0.6 is 27.5 Å². The highest BCUT2D eigenvalue weighted by Crippen LogP contribution is 2.25. The average Bonchev–Trinajstić information content (AvgIpc) is 2.18. The van der Waals surface area contributed by atoms with Crippen LogP contribution in [0, 0.1) is 0 Å². The summed E-state index contributed by atoms with van der Waals surface area (Å²) in [6, 6.07) is 0. The van der Waals surface area contributed by atoms with Crippen LogP contribution < -0.4 is 5.32 Å². The second-order valence-electron chi connectivity index (χ2n) is 3.25. The molecule has 1 aromatic rings. The van der Waals surface area contributed by atoms with Gasteiger partial charge >= 0.3 is 0 Å². The lowest BCUT2D eigenvalue weighted by Crippen LogP contribution is -2.08. The van der Waals surface area contributed by atoms with E-state index in [1.807, 2.05) is 0 Å². The molecule has 6 heteroatoms. The van der Waals surface area contributed by atoms with Gasteiger partial charge in [0.15, 0.2) is 0 Å². The number of aliphatic hydroxyl groups is 1. The fraction of sp³-hybridized carbons (Fsp3) is 0.556. The zero-order chi connectivity index (χ0) is 11.3. The molecule has 1 atom stereocenters. The number of anilines is 1. The number of aliphatic hydroxyl groups excluding tert-OH is 1. The Labute approximate surface area is 102 Å². The van der Waals surface area contributed by atoms with Gasteiger partial charge in [0, 0.05) is 6.54 Å². The molecule has 1 unspecified atom stereocenters. The number of nitrogens with zero attached hydrogens (tertiary/aromatic N) is 2. The molecule has 0 saturated carbocycles. The second kappa shape index (κ2) is 6.25. The fourth-order valence-corrected chi connectivity index (χ4v) is 1.55. The molecule has 1 rings (SSSR count). The van der Waals surface area contributed by atoms with Crippen LogP contribution in [0.4, 0.5) is 5.82 Å². The summed E-state index contributed by atoms with van der Waals surface area (Å²) < 4.78 is 0.670. The average molecular weight is 295 g/mol. The summed E-state index contributed by atoms with van der Waals surface area (Å²) in [6.45, 7) is 2.52. The van der Waals surface area contributed by atoms with Gasteiger partial charge in [-0.25, -0.2) is 9.97 Å². The van der Waals surface area contributed by atoms with Gasteiger partial charge in [-0.2, -0.15) is 0 Å². The maximum atomic E-state index is 9.06. The standard InChI is InChI=1S/C9H13BrClN3O/c1-6(15)3-2-4-12-9-7(10)8(11)13-5-14-9/h5-6,15H,2-4H2,1H3,(H,12,13,14). The second-order valence-corrected chi connectivity index (χ2v) is 4.40. The lowest BCUT2D eigenvalue weighted by Gasteiger charge is -2.08. The molecule has 0 amide bonds. The van der Waals surface area contributed by atoms with Crippen LogP contribution in [0.2, 0.25) is 5.15 Å². The molecule has 15 heavy (non-hydrogen) atoms. The minimum absolute atomic E-state index is 0.260. The normalized spacial score (nSPS) is 12.5. The molecule has 0 aromatic carbocycles. The van der Waals surface area contributed by atoms with E-state index in [-0.39, 0.29) is 6.10 Å². The minimum atomic E-state index is -0.260. The Balaban J connectivity index is 2.41. The van der Waals surface area contributed by atoms with E-state index >= 15 is 0 Å². The summed E-state index contributed by atoms with van der Waals surface area (Å²) in [7, 11) is 0. The number of hydrogen-bond acceptors (Lipinski definition) is 4. The van der Waals surface area contributed by atoms with Crippen molar-refractivity contribution in [2.45, 2.75) is 25.9 Å². The lowest BCUT2D eigenvalue weighted by molar-refractivity contribution is 0.183. The molecule has 0 aliphatic heterocycles. The molecule has 0 fully saturated rings. The number of rotatable bonds is 5. The zero-order valence-corrected chi connectivity index (χ0v) is 10.7. The molecule has 1 aromatic heterocycles. The fourth-order valence-electron chi connectivity index (χ4n) is 1.08. The number of halogens is 2. The van der Waals surface area contributed by atoms with Gasteiger partial charge in [-0.3, -0.25) is 0 Å². The van der Waals surface area contributed by atoms with E-state index in [4.69, 9.17) is 16.7 Å². The maximum Gasteiger partial charge on any atom is 0.148 e. The molecule has 4 nitrogen and oxygen atoms in total. The molecule has 2 N–H and O–H groups in total. The third-order valence-electron chi connectivity index (χ3n) is 1.84. The van der Waals surface area contributed by atoms with Crippen molar-refractivity contribution in [1.82, 2.24) is 9.97 Å². The Kier molecular flexibility index (Phi) is 5.28. The van der Waals surface area contributed by atoms with Crippen LogP contribution in [0.1, 0.15) is 19.8 Å². The molecule has 0 aliphatic carbocycles. The van der Waals surface area contributed by atoms with Gasteiger partial charge in [0.1, 0.15) is 17.3 Å². The highest BCUT2D eigenvalue weighted by Gasteiger charge is 2.05. The van der Waals surface area contributed by atoms with Gasteiger partial charge in [0.05, 0.1) is 10.6 Å². The first-order chi connectivity index (χ1) is 7.11. The van der Waals surface area contributed by atoms with E-state index < -0.39 is 0 Å². The number of hydrogen-bond donors (Lipinski definition) is 2. The SMILES string of the molecule is CC(O)CCCNc1ncnc(Cl)c1Br. The van der Waals surface area contributed by atoms with Crippen molar-refractivity contribution in [3.63, 3.8) is 0 Å². The summed E-state index contributed by atoms with van der Waals surface area (Å²) in [4.78, 5) is 7.86. The topological polar surface area (TPSA) is 58.0 Å². The van der Waals surface area contributed by atoms with Crippen molar-refractivity contribution in [3.8, 4) is 0 Å². The van der Waals surface area contributed by atoms with Gasteiger partial charge in [-0.15, -0.1) is 0 Å². The van der Waals surface area contributed by atoms with Gasteiger partial charge in [0.2, 0.25) is 0 Å². The summed E-state index contributed by atoms with van der Waals surface area (Å²) in [5, 5.41) is 12.6. The van der Waals surface area contributed by atoms with Gasteiger partial charge in [0.25, 0.3) is 0 Å². The van der Waals surface area contributed by atoms with Crippen molar-refractivity contribution in [2.24, 2.45) is 0 Å². The van der Waals surface area contributed by atoms with Crippen LogP contribution in [-0.2, 0) is 0 Å². The first kappa shape index (κ1) is 12.7. The molecule has 0 saturated heterocycles. The van der Waals surface area contributed by atoms with Crippen molar-refractivity contribution < 1.29 is 5.11 Å². The molecular weight excluding hydrogens is 281 g/mol. The Morgan fingerprint density at radius 2 is 2.33 bits per heavy atom. The zero-order valence-electron chi connectivity index (χ0n) is 8.37. The van der Waals surface area contributed by atoms with Crippen molar-refractivity contribution in [3.05, 3.63) is 16.0 Å². The highest BCUT2D eigenvalue weighted by atomic mass is 79.9. The molecule has 0 aliphatic rings. The van der Waals surface area contributed by atoms with Crippen LogP contribution in [0.3, 0.4) is 0 Å².